The molecule has 0 N–H and O–H groups in total. The van der Waals surface area contributed by atoms with Crippen molar-refractivity contribution in [2.75, 3.05) is 0 Å². The molecule has 0 unspecified atom stereocenters. The van der Waals surface area contributed by atoms with E-state index in [1.165, 1.54) is 15.9 Å². The van der Waals surface area contributed by atoms with E-state index in [2.05, 4.69) is 39.6 Å². The van der Waals surface area contributed by atoms with Crippen molar-refractivity contribution in [2.45, 2.75) is 31.9 Å². The molecule has 0 bridgehead atoms. The number of thioether (sulfide) groups is 1. The van der Waals surface area contributed by atoms with Crippen molar-refractivity contribution in [2.24, 2.45) is 5.92 Å². The first-order valence-corrected chi connectivity index (χ1v) is 6.45. The van der Waals surface area contributed by atoms with E-state index in [0.717, 1.165) is 18.1 Å². The Labute approximate surface area is 91.2 Å². The molecule has 0 saturated carbocycles. The minimum atomic E-state index is 0.656. The van der Waals surface area contributed by atoms with Crippen LogP contribution in [-0.4, -0.2) is 9.78 Å². The van der Waals surface area contributed by atoms with E-state index in [-0.39, 0.29) is 0 Å². The van der Waals surface area contributed by atoms with Gasteiger partial charge in [-0.3, -0.25) is 4.68 Å². The Morgan fingerprint density at radius 1 is 1.54 bits per heavy atom. The maximum Gasteiger partial charge on any atom is 0.108 e. The fraction of sp³-hybridized carbons (Fsp3) is 0.667. The lowest BCUT2D eigenvalue weighted by Crippen LogP contribution is -2.06. The Morgan fingerprint density at radius 3 is 2.92 bits per heavy atom. The minimum absolute atomic E-state index is 0.656. The van der Waals surface area contributed by atoms with Crippen molar-refractivity contribution in [3.8, 4) is 0 Å². The van der Waals surface area contributed by atoms with E-state index in [4.69, 9.17) is 0 Å². The highest BCUT2D eigenvalue weighted by molar-refractivity contribution is 9.10. The monoisotopic (exact) mass is 260 g/mol. The Hall–Kier alpha value is 0.0400. The lowest BCUT2D eigenvalue weighted by atomic mass is 10.2. The minimum Gasteiger partial charge on any atom is -0.258 e. The van der Waals surface area contributed by atoms with E-state index in [1.54, 1.807) is 0 Å². The van der Waals surface area contributed by atoms with E-state index in [9.17, 15) is 0 Å². The van der Waals surface area contributed by atoms with Gasteiger partial charge in [0.05, 0.1) is 5.69 Å². The van der Waals surface area contributed by atoms with Gasteiger partial charge in [-0.1, -0.05) is 13.8 Å². The van der Waals surface area contributed by atoms with Crippen LogP contribution in [0.1, 0.15) is 25.1 Å². The number of rotatable bonds is 2. The van der Waals surface area contributed by atoms with Gasteiger partial charge in [0.2, 0.25) is 0 Å². The molecule has 2 nitrogen and oxygen atoms in total. The molecule has 4 heteroatoms. The standard InChI is InChI=1S/C9H13BrN2S/c1-6(2)3-12-9(10)7-4-13-5-8(7)11-12/h6H,3-5H2,1-2H3. The van der Waals surface area contributed by atoms with Crippen molar-refractivity contribution in [1.29, 1.82) is 0 Å². The zero-order valence-electron chi connectivity index (χ0n) is 7.88. The van der Waals surface area contributed by atoms with Crippen molar-refractivity contribution in [1.82, 2.24) is 9.78 Å². The molecule has 1 aromatic rings. The largest absolute Gasteiger partial charge is 0.258 e. The van der Waals surface area contributed by atoms with Crippen molar-refractivity contribution >= 4 is 27.7 Å². The van der Waals surface area contributed by atoms with E-state index >= 15 is 0 Å². The van der Waals surface area contributed by atoms with E-state index in [1.807, 2.05) is 11.8 Å². The number of aromatic nitrogens is 2. The SMILES string of the molecule is CC(C)Cn1nc2c(c1Br)CSC2. The smallest absolute Gasteiger partial charge is 0.108 e. The third kappa shape index (κ3) is 1.79. The molecule has 0 spiro atoms. The fourth-order valence-corrected chi connectivity index (χ4v) is 3.31. The molecular formula is C9H13BrN2S. The van der Waals surface area contributed by atoms with Crippen LogP contribution in [0.5, 0.6) is 0 Å². The van der Waals surface area contributed by atoms with Gasteiger partial charge in [0.1, 0.15) is 4.60 Å². The van der Waals surface area contributed by atoms with E-state index in [0.29, 0.717) is 5.92 Å². The quantitative estimate of drug-likeness (QED) is 0.814. The highest BCUT2D eigenvalue weighted by Gasteiger charge is 2.20. The molecule has 72 valence electrons. The summed E-state index contributed by atoms with van der Waals surface area (Å²) in [5.74, 6) is 2.86. The summed E-state index contributed by atoms with van der Waals surface area (Å²) >= 11 is 5.56. The molecule has 0 fully saturated rings. The summed E-state index contributed by atoms with van der Waals surface area (Å²) in [6.07, 6.45) is 0. The van der Waals surface area contributed by atoms with Gasteiger partial charge >= 0.3 is 0 Å². The van der Waals surface area contributed by atoms with Crippen LogP contribution in [0.4, 0.5) is 0 Å². The molecule has 0 saturated heterocycles. The Bertz CT molecular complexity index is 320. The topological polar surface area (TPSA) is 17.8 Å². The molecule has 1 aliphatic rings. The van der Waals surface area contributed by atoms with Crippen LogP contribution in [0.15, 0.2) is 4.60 Å². The van der Waals surface area contributed by atoms with Gasteiger partial charge in [0.25, 0.3) is 0 Å². The first kappa shape index (κ1) is 9.59. The molecule has 0 amide bonds. The molecule has 0 aromatic carbocycles. The van der Waals surface area contributed by atoms with Crippen LogP contribution in [0, 0.1) is 5.92 Å². The van der Waals surface area contributed by atoms with Gasteiger partial charge in [0, 0.05) is 23.6 Å². The van der Waals surface area contributed by atoms with Crippen LogP contribution in [0.2, 0.25) is 0 Å². The first-order chi connectivity index (χ1) is 6.18. The molecule has 0 radical (unpaired) electrons. The average Bonchev–Trinajstić information content (AvgIpc) is 2.56. The second kappa shape index (κ2) is 3.65. The molecule has 1 aromatic heterocycles. The highest BCUT2D eigenvalue weighted by atomic mass is 79.9. The maximum atomic E-state index is 4.58. The summed E-state index contributed by atoms with van der Waals surface area (Å²) in [7, 11) is 0. The van der Waals surface area contributed by atoms with Gasteiger partial charge in [-0.2, -0.15) is 16.9 Å². The second-order valence-electron chi connectivity index (χ2n) is 3.78. The third-order valence-electron chi connectivity index (χ3n) is 2.09. The Kier molecular flexibility index (Phi) is 2.70. The fourth-order valence-electron chi connectivity index (χ4n) is 1.50. The zero-order chi connectivity index (χ0) is 9.42. The average molecular weight is 261 g/mol. The van der Waals surface area contributed by atoms with Crippen molar-refractivity contribution < 1.29 is 0 Å². The number of hydrogen-bond donors (Lipinski definition) is 0. The highest BCUT2D eigenvalue weighted by Crippen LogP contribution is 2.34. The summed E-state index contributed by atoms with van der Waals surface area (Å²) in [5, 5.41) is 4.58. The van der Waals surface area contributed by atoms with Gasteiger partial charge in [-0.15, -0.1) is 0 Å². The lowest BCUT2D eigenvalue weighted by Gasteiger charge is -2.06. The maximum absolute atomic E-state index is 4.58. The van der Waals surface area contributed by atoms with Crippen LogP contribution in [-0.2, 0) is 18.1 Å². The predicted octanol–water partition coefficient (Wildman–Crippen LogP) is 3.05. The summed E-state index contributed by atoms with van der Waals surface area (Å²) in [5.41, 5.74) is 2.68. The summed E-state index contributed by atoms with van der Waals surface area (Å²) < 4.78 is 3.29. The predicted molar refractivity (Wildman–Crippen MR) is 59.8 cm³/mol. The lowest BCUT2D eigenvalue weighted by molar-refractivity contribution is 0.474. The summed E-state index contributed by atoms with van der Waals surface area (Å²) in [6, 6.07) is 0. The van der Waals surface area contributed by atoms with Gasteiger partial charge < -0.3 is 0 Å². The molecule has 1 aliphatic heterocycles. The molecule has 2 heterocycles. The number of nitrogens with zero attached hydrogens (tertiary/aromatic N) is 2. The van der Waals surface area contributed by atoms with Gasteiger partial charge in [-0.25, -0.2) is 0 Å². The summed E-state index contributed by atoms with van der Waals surface area (Å²) in [4.78, 5) is 0. The molecule has 13 heavy (non-hydrogen) atoms. The van der Waals surface area contributed by atoms with Crippen molar-refractivity contribution in [3.05, 3.63) is 15.9 Å². The van der Waals surface area contributed by atoms with Gasteiger partial charge in [0.15, 0.2) is 0 Å². The summed E-state index contributed by atoms with van der Waals surface area (Å²) in [6.45, 7) is 5.44. The van der Waals surface area contributed by atoms with Gasteiger partial charge in [-0.05, 0) is 21.8 Å². The van der Waals surface area contributed by atoms with Crippen LogP contribution < -0.4 is 0 Å². The Balaban J connectivity index is 2.28. The van der Waals surface area contributed by atoms with Crippen LogP contribution in [0.25, 0.3) is 0 Å². The number of fused-ring (bicyclic) bond motifs is 1. The third-order valence-corrected chi connectivity index (χ3v) is 3.95. The van der Waals surface area contributed by atoms with E-state index < -0.39 is 0 Å². The number of hydrogen-bond acceptors (Lipinski definition) is 2. The van der Waals surface area contributed by atoms with Crippen molar-refractivity contribution in [3.63, 3.8) is 0 Å². The molecule has 0 atom stereocenters. The first-order valence-electron chi connectivity index (χ1n) is 4.50. The zero-order valence-corrected chi connectivity index (χ0v) is 10.3. The Morgan fingerprint density at radius 2 is 2.31 bits per heavy atom. The molecule has 0 aliphatic carbocycles. The number of halogens is 1. The second-order valence-corrected chi connectivity index (χ2v) is 5.52. The van der Waals surface area contributed by atoms with Crippen LogP contribution in [0.3, 0.4) is 0 Å². The molecular weight excluding hydrogens is 248 g/mol. The molecule has 2 rings (SSSR count). The van der Waals surface area contributed by atoms with Crippen LogP contribution >= 0.6 is 27.7 Å². The normalized spacial score (nSPS) is 15.4.